The van der Waals surface area contributed by atoms with E-state index in [4.69, 9.17) is 0 Å². The van der Waals surface area contributed by atoms with Crippen molar-refractivity contribution in [3.63, 3.8) is 0 Å². The third kappa shape index (κ3) is 4.69. The first-order valence-electron chi connectivity index (χ1n) is 9.52. The Bertz CT molecular complexity index is 844. The average molecular weight is 452 g/mol. The molecular formula is C20H26BrN3O2S. The molecule has 1 aliphatic heterocycles. The molecule has 1 aromatic heterocycles. The molecule has 2 aromatic rings. The minimum Gasteiger partial charge on any atom is -0.310 e. The van der Waals surface area contributed by atoms with Crippen LogP contribution in [-0.4, -0.2) is 21.4 Å². The molecule has 1 aromatic carbocycles. The van der Waals surface area contributed by atoms with Gasteiger partial charge in [-0.1, -0.05) is 60.7 Å². The zero-order chi connectivity index (χ0) is 19.4. The van der Waals surface area contributed by atoms with E-state index in [-0.39, 0.29) is 22.8 Å². The van der Waals surface area contributed by atoms with Crippen molar-refractivity contribution < 1.29 is 4.79 Å². The van der Waals surface area contributed by atoms with Gasteiger partial charge >= 0.3 is 0 Å². The first kappa shape index (κ1) is 20.3. The third-order valence-corrected chi connectivity index (χ3v) is 6.75. The van der Waals surface area contributed by atoms with Crippen LogP contribution in [0.15, 0.2) is 33.5 Å². The van der Waals surface area contributed by atoms with Crippen molar-refractivity contribution in [2.75, 3.05) is 11.1 Å². The second kappa shape index (κ2) is 9.15. The number of carbonyl (C=O) groups excluding carboxylic acids is 1. The molecule has 0 spiro atoms. The van der Waals surface area contributed by atoms with E-state index in [9.17, 15) is 9.59 Å². The maximum Gasteiger partial charge on any atom is 0.270 e. The zero-order valence-electron chi connectivity index (χ0n) is 15.8. The van der Waals surface area contributed by atoms with Gasteiger partial charge in [-0.05, 0) is 31.0 Å². The van der Waals surface area contributed by atoms with Crippen molar-refractivity contribution in [3.05, 3.63) is 50.2 Å². The zero-order valence-corrected chi connectivity index (χ0v) is 18.2. The largest absolute Gasteiger partial charge is 0.310 e. The first-order valence-corrected chi connectivity index (χ1v) is 11.4. The number of thioether (sulfide) groups is 1. The molecule has 5 nitrogen and oxygen atoms in total. The normalized spacial score (nSPS) is 17.9. The van der Waals surface area contributed by atoms with Crippen LogP contribution < -0.4 is 10.9 Å². The number of nitrogens with zero attached hydrogens (tertiary/aromatic N) is 1. The van der Waals surface area contributed by atoms with E-state index in [1.54, 1.807) is 0 Å². The molecule has 0 saturated heterocycles. The molecule has 1 aliphatic rings. The van der Waals surface area contributed by atoms with Gasteiger partial charge in [0.2, 0.25) is 5.91 Å². The van der Waals surface area contributed by atoms with E-state index in [1.807, 2.05) is 28.9 Å². The Morgan fingerprint density at radius 3 is 2.67 bits per heavy atom. The van der Waals surface area contributed by atoms with Crippen LogP contribution in [-0.2, 0) is 4.79 Å². The van der Waals surface area contributed by atoms with Crippen molar-refractivity contribution in [1.29, 1.82) is 0 Å². The molecule has 2 heterocycles. The van der Waals surface area contributed by atoms with Crippen LogP contribution in [0.4, 0.5) is 5.82 Å². The Balaban J connectivity index is 1.94. The average Bonchev–Trinajstić information content (AvgIpc) is 2.85. The summed E-state index contributed by atoms with van der Waals surface area (Å²) in [5, 5.41) is 5.78. The predicted molar refractivity (Wildman–Crippen MR) is 116 cm³/mol. The molecule has 0 bridgehead atoms. The van der Waals surface area contributed by atoms with Crippen LogP contribution in [0, 0.1) is 0 Å². The second-order valence-corrected chi connectivity index (χ2v) is 9.07. The smallest absolute Gasteiger partial charge is 0.270 e. The molecule has 27 heavy (non-hydrogen) atoms. The van der Waals surface area contributed by atoms with Crippen LogP contribution in [0.3, 0.4) is 0 Å². The summed E-state index contributed by atoms with van der Waals surface area (Å²) in [4.78, 5) is 25.1. The van der Waals surface area contributed by atoms with Gasteiger partial charge in [-0.3, -0.25) is 19.4 Å². The molecule has 0 aliphatic carbocycles. The fourth-order valence-electron chi connectivity index (χ4n) is 3.47. The summed E-state index contributed by atoms with van der Waals surface area (Å²) in [7, 11) is 0. The van der Waals surface area contributed by atoms with Crippen molar-refractivity contribution in [2.24, 2.45) is 0 Å². The molecule has 3 rings (SSSR count). The van der Waals surface area contributed by atoms with Crippen LogP contribution >= 0.6 is 27.7 Å². The number of nitrogens with one attached hydrogen (secondary N) is 2. The predicted octanol–water partition coefficient (Wildman–Crippen LogP) is 5.25. The van der Waals surface area contributed by atoms with E-state index in [2.05, 4.69) is 40.2 Å². The molecule has 2 N–H and O–H groups in total. The molecule has 0 fully saturated rings. The number of halogens is 1. The Hall–Kier alpha value is -1.47. The third-order valence-electron chi connectivity index (χ3n) is 4.95. The highest BCUT2D eigenvalue weighted by molar-refractivity contribution is 9.10. The Morgan fingerprint density at radius 2 is 1.96 bits per heavy atom. The number of H-pyrrole nitrogens is 1. The molecule has 0 radical (unpaired) electrons. The number of anilines is 1. The number of hydrogen-bond acceptors (Lipinski definition) is 3. The van der Waals surface area contributed by atoms with E-state index in [1.165, 1.54) is 31.0 Å². The van der Waals surface area contributed by atoms with Crippen LogP contribution in [0.2, 0.25) is 0 Å². The topological polar surface area (TPSA) is 66.9 Å². The van der Waals surface area contributed by atoms with Crippen molar-refractivity contribution in [2.45, 2.75) is 57.2 Å². The highest BCUT2D eigenvalue weighted by Gasteiger charge is 2.31. The van der Waals surface area contributed by atoms with E-state index in [0.29, 0.717) is 17.1 Å². The number of rotatable bonds is 7. The molecule has 0 saturated carbocycles. The fourth-order valence-corrected chi connectivity index (χ4v) is 4.86. The van der Waals surface area contributed by atoms with Gasteiger partial charge in [-0.25, -0.2) is 0 Å². The van der Waals surface area contributed by atoms with Gasteiger partial charge in [0, 0.05) is 10.5 Å². The number of aromatic amines is 1. The molecule has 2 atom stereocenters. The highest BCUT2D eigenvalue weighted by Crippen LogP contribution is 2.40. The number of benzene rings is 1. The molecule has 1 amide bonds. The maximum absolute atomic E-state index is 12.8. The summed E-state index contributed by atoms with van der Waals surface area (Å²) in [5.41, 5.74) is 1.56. The van der Waals surface area contributed by atoms with Gasteiger partial charge in [-0.15, -0.1) is 11.8 Å². The number of amides is 1. The van der Waals surface area contributed by atoms with Crippen LogP contribution in [0.1, 0.15) is 68.4 Å². The molecule has 0 unspecified atom stereocenters. The Labute approximate surface area is 172 Å². The second-order valence-electron chi connectivity index (χ2n) is 7.06. The standard InChI is InChI=1S/C20H26BrN3O2S/c1-3-4-5-6-7-13(2)24-19-17(20(26)23-24)18(27-12-16(25)22-19)14-8-10-15(21)11-9-14/h8-11,13,18H,3-7,12H2,1-2H3,(H,22,25)(H,23,26)/t13-,18-/m0/s1. The number of aromatic nitrogens is 2. The van der Waals surface area contributed by atoms with Crippen molar-refractivity contribution in [1.82, 2.24) is 9.78 Å². The number of fused-ring (bicyclic) bond motifs is 1. The van der Waals surface area contributed by atoms with Gasteiger partial charge in [0.05, 0.1) is 16.6 Å². The highest BCUT2D eigenvalue weighted by atomic mass is 79.9. The summed E-state index contributed by atoms with van der Waals surface area (Å²) in [6.07, 6.45) is 5.71. The van der Waals surface area contributed by atoms with E-state index >= 15 is 0 Å². The van der Waals surface area contributed by atoms with Crippen molar-refractivity contribution in [3.8, 4) is 0 Å². The van der Waals surface area contributed by atoms with Gasteiger partial charge in [0.25, 0.3) is 5.56 Å². The summed E-state index contributed by atoms with van der Waals surface area (Å²) in [6, 6.07) is 8.08. The summed E-state index contributed by atoms with van der Waals surface area (Å²) in [6.45, 7) is 4.29. The fraction of sp³-hybridized carbons (Fsp3) is 0.500. The van der Waals surface area contributed by atoms with Crippen LogP contribution in [0.25, 0.3) is 0 Å². The monoisotopic (exact) mass is 451 g/mol. The SMILES string of the molecule is CCCCCC[C@H](C)n1[nH]c(=O)c2c1NC(=O)CS[C@H]2c1ccc(Br)cc1. The number of carbonyl (C=O) groups is 1. The summed E-state index contributed by atoms with van der Waals surface area (Å²) >= 11 is 4.95. The van der Waals surface area contributed by atoms with Gasteiger partial charge in [0.1, 0.15) is 5.82 Å². The quantitative estimate of drug-likeness (QED) is 0.565. The lowest BCUT2D eigenvalue weighted by Crippen LogP contribution is -2.18. The number of unbranched alkanes of at least 4 members (excludes halogenated alkanes) is 3. The molecule has 146 valence electrons. The van der Waals surface area contributed by atoms with Gasteiger partial charge in [-0.2, -0.15) is 0 Å². The van der Waals surface area contributed by atoms with Crippen molar-refractivity contribution >= 4 is 39.4 Å². The maximum atomic E-state index is 12.8. The minimum absolute atomic E-state index is 0.0632. The Kier molecular flexibility index (Phi) is 6.87. The van der Waals surface area contributed by atoms with E-state index in [0.717, 1.165) is 22.9 Å². The Morgan fingerprint density at radius 1 is 1.22 bits per heavy atom. The minimum atomic E-state index is -0.163. The van der Waals surface area contributed by atoms with E-state index < -0.39 is 0 Å². The lowest BCUT2D eigenvalue weighted by Gasteiger charge is -2.18. The number of hydrogen-bond donors (Lipinski definition) is 2. The summed E-state index contributed by atoms with van der Waals surface area (Å²) < 4.78 is 2.85. The van der Waals surface area contributed by atoms with Crippen LogP contribution in [0.5, 0.6) is 0 Å². The van der Waals surface area contributed by atoms with Gasteiger partial charge in [0.15, 0.2) is 0 Å². The lowest BCUT2D eigenvalue weighted by molar-refractivity contribution is -0.113. The summed E-state index contributed by atoms with van der Waals surface area (Å²) in [5.74, 6) is 0.900. The lowest BCUT2D eigenvalue weighted by atomic mass is 10.1. The first-order chi connectivity index (χ1) is 13.0. The van der Waals surface area contributed by atoms with Gasteiger partial charge < -0.3 is 5.32 Å². The molecule has 7 heteroatoms. The molecular weight excluding hydrogens is 426 g/mol.